The predicted molar refractivity (Wildman–Crippen MR) is 94.4 cm³/mol. The van der Waals surface area contributed by atoms with E-state index in [4.69, 9.17) is 16.2 Å². The number of amides is 1. The van der Waals surface area contributed by atoms with Crippen molar-refractivity contribution in [1.82, 2.24) is 9.78 Å². The Bertz CT molecular complexity index is 934. The summed E-state index contributed by atoms with van der Waals surface area (Å²) in [5.74, 6) is -0.418. The maximum atomic E-state index is 12.7. The van der Waals surface area contributed by atoms with Crippen LogP contribution in [0.2, 0.25) is 0 Å². The minimum atomic E-state index is -0.582. The third-order valence-corrected chi connectivity index (χ3v) is 3.87. The van der Waals surface area contributed by atoms with Gasteiger partial charge in [-0.1, -0.05) is 25.1 Å². The van der Waals surface area contributed by atoms with Crippen molar-refractivity contribution < 1.29 is 14.3 Å². The second-order valence-electron chi connectivity index (χ2n) is 5.76. The van der Waals surface area contributed by atoms with E-state index in [1.165, 1.54) is 10.7 Å². The topological polar surface area (TPSA) is 113 Å². The first-order valence-electron chi connectivity index (χ1n) is 7.77. The lowest BCUT2D eigenvalue weighted by molar-refractivity contribution is 0.0791. The van der Waals surface area contributed by atoms with Gasteiger partial charge in [-0.3, -0.25) is 9.59 Å². The van der Waals surface area contributed by atoms with Gasteiger partial charge in [0.2, 0.25) is 5.91 Å². The molecule has 25 heavy (non-hydrogen) atoms. The fourth-order valence-electron chi connectivity index (χ4n) is 2.48. The summed E-state index contributed by atoms with van der Waals surface area (Å²) in [4.78, 5) is 24.1. The second-order valence-corrected chi connectivity index (χ2v) is 5.76. The Balaban J connectivity index is 1.85. The van der Waals surface area contributed by atoms with Crippen LogP contribution >= 0.6 is 0 Å². The summed E-state index contributed by atoms with van der Waals surface area (Å²) in [5, 5.41) is 4.70. The Morgan fingerprint density at radius 1 is 1.20 bits per heavy atom. The van der Waals surface area contributed by atoms with E-state index in [1.807, 2.05) is 30.3 Å². The normalized spacial score (nSPS) is 12.0. The van der Waals surface area contributed by atoms with Crippen molar-refractivity contribution in [3.05, 3.63) is 54.1 Å². The lowest BCUT2D eigenvalue weighted by atomic mass is 10.1. The number of hydrogen-bond donors (Lipinski definition) is 2. The molecular weight excluding hydrogens is 320 g/mol. The Kier molecular flexibility index (Phi) is 4.38. The monoisotopic (exact) mass is 338 g/mol. The number of ether oxygens (including phenoxy) is 1. The average Bonchev–Trinajstić information content (AvgIpc) is 2.96. The molecule has 7 heteroatoms. The lowest BCUT2D eigenvalue weighted by Crippen LogP contribution is -2.25. The van der Waals surface area contributed by atoms with E-state index in [0.717, 1.165) is 0 Å². The molecule has 0 saturated heterocycles. The first kappa shape index (κ1) is 16.5. The van der Waals surface area contributed by atoms with Crippen molar-refractivity contribution in [2.24, 2.45) is 11.7 Å². The van der Waals surface area contributed by atoms with E-state index in [2.05, 4.69) is 5.10 Å². The molecule has 1 heterocycles. The summed E-state index contributed by atoms with van der Waals surface area (Å²) in [7, 11) is 0. The molecule has 0 saturated carbocycles. The van der Waals surface area contributed by atoms with Crippen LogP contribution in [0.5, 0.6) is 5.75 Å². The van der Waals surface area contributed by atoms with Gasteiger partial charge in [0.15, 0.2) is 5.82 Å². The standard InChI is InChI=1S/C18H18N4O3/c1-11(10-25-13-5-3-2-4-6-13)18(24)22-15-9-12(17(20)23)7-8-14(15)16(19)21-22/h2-9,11H,10H2,1H3,(H2,19,21)(H2,20,23)/t11-/m0/s1. The van der Waals surface area contributed by atoms with Crippen molar-refractivity contribution >= 4 is 28.5 Å². The van der Waals surface area contributed by atoms with Gasteiger partial charge in [-0.05, 0) is 30.3 Å². The van der Waals surface area contributed by atoms with Crippen LogP contribution in [-0.2, 0) is 0 Å². The summed E-state index contributed by atoms with van der Waals surface area (Å²) in [6.45, 7) is 1.94. The zero-order valence-electron chi connectivity index (χ0n) is 13.7. The van der Waals surface area contributed by atoms with Gasteiger partial charge in [-0.25, -0.2) is 0 Å². The zero-order chi connectivity index (χ0) is 18.0. The van der Waals surface area contributed by atoms with Gasteiger partial charge in [0, 0.05) is 10.9 Å². The summed E-state index contributed by atoms with van der Waals surface area (Å²) in [6.07, 6.45) is 0. The van der Waals surface area contributed by atoms with Crippen LogP contribution in [0.25, 0.3) is 10.9 Å². The minimum absolute atomic E-state index is 0.194. The van der Waals surface area contributed by atoms with Crippen molar-refractivity contribution in [3.63, 3.8) is 0 Å². The summed E-state index contributed by atoms with van der Waals surface area (Å²) < 4.78 is 6.83. The number of para-hydroxylation sites is 1. The van der Waals surface area contributed by atoms with Gasteiger partial charge in [0.1, 0.15) is 5.75 Å². The SMILES string of the molecule is C[C@@H](COc1ccccc1)C(=O)n1nc(N)c2ccc(C(N)=O)cc21. The molecular formula is C18H18N4O3. The van der Waals surface area contributed by atoms with E-state index in [-0.39, 0.29) is 23.9 Å². The molecule has 7 nitrogen and oxygen atoms in total. The van der Waals surface area contributed by atoms with Crippen LogP contribution in [0, 0.1) is 5.92 Å². The highest BCUT2D eigenvalue weighted by atomic mass is 16.5. The number of benzene rings is 2. The molecule has 0 unspecified atom stereocenters. The number of anilines is 1. The molecule has 1 amide bonds. The quantitative estimate of drug-likeness (QED) is 0.739. The predicted octanol–water partition coefficient (Wildman–Crippen LogP) is 2.07. The molecule has 0 bridgehead atoms. The molecule has 1 atom stereocenters. The number of fused-ring (bicyclic) bond motifs is 1. The van der Waals surface area contributed by atoms with Gasteiger partial charge in [-0.2, -0.15) is 4.68 Å². The zero-order valence-corrected chi connectivity index (χ0v) is 13.7. The number of hydrogen-bond acceptors (Lipinski definition) is 5. The fourth-order valence-corrected chi connectivity index (χ4v) is 2.48. The highest BCUT2D eigenvalue weighted by Gasteiger charge is 2.21. The molecule has 128 valence electrons. The molecule has 0 fully saturated rings. The molecule has 3 rings (SSSR count). The number of carbonyl (C=O) groups excluding carboxylic acids is 2. The van der Waals surface area contributed by atoms with E-state index in [9.17, 15) is 9.59 Å². The molecule has 4 N–H and O–H groups in total. The Morgan fingerprint density at radius 2 is 1.92 bits per heavy atom. The molecule has 3 aromatic rings. The lowest BCUT2D eigenvalue weighted by Gasteiger charge is -2.12. The van der Waals surface area contributed by atoms with Gasteiger partial charge in [0.05, 0.1) is 18.0 Å². The van der Waals surface area contributed by atoms with Crippen LogP contribution in [0.15, 0.2) is 48.5 Å². The first-order chi connectivity index (χ1) is 12.0. The first-order valence-corrected chi connectivity index (χ1v) is 7.77. The Hall–Kier alpha value is -3.35. The summed E-state index contributed by atoms with van der Waals surface area (Å²) in [6, 6.07) is 13.9. The molecule has 0 radical (unpaired) electrons. The van der Waals surface area contributed by atoms with E-state index < -0.39 is 11.8 Å². The Labute approximate surface area is 144 Å². The average molecular weight is 338 g/mol. The summed E-state index contributed by atoms with van der Waals surface area (Å²) >= 11 is 0. The van der Waals surface area contributed by atoms with Crippen LogP contribution in [0.3, 0.4) is 0 Å². The highest BCUT2D eigenvalue weighted by molar-refractivity contribution is 6.02. The molecule has 0 spiro atoms. The van der Waals surface area contributed by atoms with E-state index >= 15 is 0 Å². The van der Waals surface area contributed by atoms with Crippen LogP contribution in [0.1, 0.15) is 22.1 Å². The molecule has 1 aromatic heterocycles. The van der Waals surface area contributed by atoms with Crippen LogP contribution in [-0.4, -0.2) is 28.2 Å². The number of carbonyl (C=O) groups is 2. The van der Waals surface area contributed by atoms with E-state index in [1.54, 1.807) is 19.1 Å². The molecule has 0 aliphatic carbocycles. The highest BCUT2D eigenvalue weighted by Crippen LogP contribution is 2.23. The number of nitrogens with two attached hydrogens (primary N) is 2. The third-order valence-electron chi connectivity index (χ3n) is 3.87. The molecule has 0 aliphatic rings. The van der Waals surface area contributed by atoms with Crippen molar-refractivity contribution in [1.29, 1.82) is 0 Å². The molecule has 0 aliphatic heterocycles. The number of nitrogens with zero attached hydrogens (tertiary/aromatic N) is 2. The van der Waals surface area contributed by atoms with Gasteiger partial charge in [0.25, 0.3) is 5.91 Å². The molecule has 2 aromatic carbocycles. The van der Waals surface area contributed by atoms with Crippen molar-refractivity contribution in [3.8, 4) is 5.75 Å². The van der Waals surface area contributed by atoms with E-state index in [0.29, 0.717) is 16.7 Å². The number of rotatable bonds is 5. The maximum absolute atomic E-state index is 12.7. The van der Waals surface area contributed by atoms with Gasteiger partial charge < -0.3 is 16.2 Å². The fraction of sp³-hybridized carbons (Fsp3) is 0.167. The smallest absolute Gasteiger partial charge is 0.253 e. The summed E-state index contributed by atoms with van der Waals surface area (Å²) in [5.41, 5.74) is 11.9. The van der Waals surface area contributed by atoms with Crippen LogP contribution < -0.4 is 16.2 Å². The van der Waals surface area contributed by atoms with Crippen LogP contribution in [0.4, 0.5) is 5.82 Å². The number of nitrogen functional groups attached to an aromatic ring is 1. The number of primary amides is 1. The minimum Gasteiger partial charge on any atom is -0.493 e. The van der Waals surface area contributed by atoms with Gasteiger partial charge >= 0.3 is 0 Å². The third kappa shape index (κ3) is 3.30. The Morgan fingerprint density at radius 3 is 2.60 bits per heavy atom. The van der Waals surface area contributed by atoms with Crippen molar-refractivity contribution in [2.45, 2.75) is 6.92 Å². The maximum Gasteiger partial charge on any atom is 0.253 e. The van der Waals surface area contributed by atoms with Crippen molar-refractivity contribution in [2.75, 3.05) is 12.3 Å². The second kappa shape index (κ2) is 6.64. The largest absolute Gasteiger partial charge is 0.493 e. The number of aromatic nitrogens is 2. The van der Waals surface area contributed by atoms with Gasteiger partial charge in [-0.15, -0.1) is 5.10 Å².